The molecule has 1 fully saturated rings. The second-order valence-corrected chi connectivity index (χ2v) is 5.15. The van der Waals surface area contributed by atoms with Crippen molar-refractivity contribution in [2.24, 2.45) is 17.3 Å². The number of rotatable bonds is 8. The van der Waals surface area contributed by atoms with Gasteiger partial charge < -0.3 is 5.11 Å². The first-order chi connectivity index (χ1) is 7.21. The monoisotopic (exact) mass is 210 g/mol. The van der Waals surface area contributed by atoms with E-state index in [0.717, 1.165) is 0 Å². The Morgan fingerprint density at radius 2 is 2.20 bits per heavy atom. The standard InChI is InChI=1S/C14H26O/c1-4-6-7-8-9-14(12(3)5-2)10-13(14)11-15/h5,12-13,15H,2,4,6-11H2,1,3H3/t12?,13?,14-/m1/s1. The van der Waals surface area contributed by atoms with Crippen LogP contribution in [-0.4, -0.2) is 11.7 Å². The average molecular weight is 210 g/mol. The molecule has 0 heterocycles. The molecule has 1 aliphatic carbocycles. The minimum Gasteiger partial charge on any atom is -0.396 e. The summed E-state index contributed by atoms with van der Waals surface area (Å²) in [6.45, 7) is 8.76. The number of allylic oxidation sites excluding steroid dienone is 1. The molecule has 0 saturated heterocycles. The van der Waals surface area contributed by atoms with Gasteiger partial charge in [-0.1, -0.05) is 45.6 Å². The Balaban J connectivity index is 2.36. The third-order valence-electron chi connectivity index (χ3n) is 4.26. The second-order valence-electron chi connectivity index (χ2n) is 5.15. The van der Waals surface area contributed by atoms with Crippen LogP contribution < -0.4 is 0 Å². The van der Waals surface area contributed by atoms with Crippen LogP contribution in [-0.2, 0) is 0 Å². The van der Waals surface area contributed by atoms with Gasteiger partial charge in [-0.25, -0.2) is 0 Å². The van der Waals surface area contributed by atoms with Crippen molar-refractivity contribution in [3.63, 3.8) is 0 Å². The van der Waals surface area contributed by atoms with Gasteiger partial charge in [-0.3, -0.25) is 0 Å². The molecule has 0 aromatic rings. The van der Waals surface area contributed by atoms with Gasteiger partial charge >= 0.3 is 0 Å². The number of hydrogen-bond acceptors (Lipinski definition) is 1. The van der Waals surface area contributed by atoms with E-state index in [1.165, 1.54) is 38.5 Å². The molecule has 1 rings (SSSR count). The maximum atomic E-state index is 9.25. The first kappa shape index (κ1) is 12.8. The summed E-state index contributed by atoms with van der Waals surface area (Å²) in [5, 5.41) is 9.25. The number of aliphatic hydroxyl groups excluding tert-OH is 1. The number of aliphatic hydroxyl groups is 1. The topological polar surface area (TPSA) is 20.2 Å². The first-order valence-electron chi connectivity index (χ1n) is 6.44. The van der Waals surface area contributed by atoms with Crippen molar-refractivity contribution in [3.05, 3.63) is 12.7 Å². The third-order valence-corrected chi connectivity index (χ3v) is 4.26. The van der Waals surface area contributed by atoms with Crippen LogP contribution in [0.3, 0.4) is 0 Å². The Hall–Kier alpha value is -0.300. The first-order valence-corrected chi connectivity index (χ1v) is 6.44. The predicted molar refractivity (Wildman–Crippen MR) is 65.7 cm³/mol. The smallest absolute Gasteiger partial charge is 0.0465 e. The van der Waals surface area contributed by atoms with Gasteiger partial charge in [-0.15, -0.1) is 6.58 Å². The molecule has 0 aromatic heterocycles. The van der Waals surface area contributed by atoms with E-state index in [9.17, 15) is 5.11 Å². The highest BCUT2D eigenvalue weighted by Gasteiger charge is 2.54. The van der Waals surface area contributed by atoms with Gasteiger partial charge in [0.05, 0.1) is 0 Å². The molecule has 0 amide bonds. The van der Waals surface area contributed by atoms with Gasteiger partial charge in [0.1, 0.15) is 0 Å². The van der Waals surface area contributed by atoms with Crippen LogP contribution in [0.4, 0.5) is 0 Å². The molecule has 1 saturated carbocycles. The zero-order valence-corrected chi connectivity index (χ0v) is 10.3. The maximum Gasteiger partial charge on any atom is 0.0465 e. The summed E-state index contributed by atoms with van der Waals surface area (Å²) in [6, 6.07) is 0. The highest BCUT2D eigenvalue weighted by Crippen LogP contribution is 2.61. The van der Waals surface area contributed by atoms with Crippen LogP contribution in [0, 0.1) is 17.3 Å². The van der Waals surface area contributed by atoms with E-state index in [0.29, 0.717) is 23.9 Å². The lowest BCUT2D eigenvalue weighted by atomic mass is 9.83. The second kappa shape index (κ2) is 5.69. The molecular weight excluding hydrogens is 184 g/mol. The van der Waals surface area contributed by atoms with Crippen molar-refractivity contribution in [2.75, 3.05) is 6.61 Å². The SMILES string of the molecule is C=CC(C)[C@@]1(CCCCCC)CC1CO. The van der Waals surface area contributed by atoms with Crippen molar-refractivity contribution in [1.29, 1.82) is 0 Å². The fourth-order valence-corrected chi connectivity index (χ4v) is 2.85. The normalized spacial score (nSPS) is 31.3. The average Bonchev–Trinajstić information content (AvgIpc) is 2.98. The summed E-state index contributed by atoms with van der Waals surface area (Å²) in [4.78, 5) is 0. The van der Waals surface area contributed by atoms with Crippen molar-refractivity contribution in [1.82, 2.24) is 0 Å². The summed E-state index contributed by atoms with van der Waals surface area (Å²) in [5.74, 6) is 1.11. The molecule has 0 radical (unpaired) electrons. The minimum atomic E-state index is 0.367. The number of hydrogen-bond donors (Lipinski definition) is 1. The maximum absolute atomic E-state index is 9.25. The highest BCUT2D eigenvalue weighted by atomic mass is 16.3. The van der Waals surface area contributed by atoms with Gasteiger partial charge in [0.25, 0.3) is 0 Å². The Morgan fingerprint density at radius 3 is 2.67 bits per heavy atom. The van der Waals surface area contributed by atoms with Crippen molar-refractivity contribution in [2.45, 2.75) is 52.4 Å². The van der Waals surface area contributed by atoms with E-state index >= 15 is 0 Å². The Bertz CT molecular complexity index is 200. The van der Waals surface area contributed by atoms with Crippen LogP contribution >= 0.6 is 0 Å². The van der Waals surface area contributed by atoms with Gasteiger partial charge in [0.2, 0.25) is 0 Å². The molecule has 88 valence electrons. The Kier molecular flexibility index (Phi) is 4.85. The lowest BCUT2D eigenvalue weighted by molar-refractivity contribution is 0.221. The fourth-order valence-electron chi connectivity index (χ4n) is 2.85. The molecular formula is C14H26O. The van der Waals surface area contributed by atoms with E-state index in [-0.39, 0.29) is 0 Å². The molecule has 0 bridgehead atoms. The van der Waals surface area contributed by atoms with E-state index in [1.807, 2.05) is 0 Å². The number of unbranched alkanes of at least 4 members (excludes halogenated alkanes) is 3. The van der Waals surface area contributed by atoms with Crippen molar-refractivity contribution < 1.29 is 5.11 Å². The van der Waals surface area contributed by atoms with Crippen LogP contribution in [0.25, 0.3) is 0 Å². The molecule has 0 aliphatic heterocycles. The van der Waals surface area contributed by atoms with Crippen LogP contribution in [0.5, 0.6) is 0 Å². The summed E-state index contributed by atoms with van der Waals surface area (Å²) in [6.07, 6.45) is 9.88. The lowest BCUT2D eigenvalue weighted by Crippen LogP contribution is -2.15. The van der Waals surface area contributed by atoms with E-state index < -0.39 is 0 Å². The fraction of sp³-hybridized carbons (Fsp3) is 0.857. The molecule has 0 aromatic carbocycles. The quantitative estimate of drug-likeness (QED) is 0.477. The van der Waals surface area contributed by atoms with Gasteiger partial charge in [0, 0.05) is 6.61 Å². The summed E-state index contributed by atoms with van der Waals surface area (Å²) < 4.78 is 0. The van der Waals surface area contributed by atoms with Gasteiger partial charge in [-0.05, 0) is 30.1 Å². The molecule has 0 spiro atoms. The molecule has 1 aliphatic rings. The summed E-state index contributed by atoms with van der Waals surface area (Å²) in [7, 11) is 0. The van der Waals surface area contributed by atoms with Crippen LogP contribution in [0.15, 0.2) is 12.7 Å². The Labute approximate surface area is 94.6 Å². The van der Waals surface area contributed by atoms with Crippen molar-refractivity contribution >= 4 is 0 Å². The molecule has 3 atom stereocenters. The Morgan fingerprint density at radius 1 is 1.47 bits per heavy atom. The molecule has 2 unspecified atom stereocenters. The van der Waals surface area contributed by atoms with E-state index in [2.05, 4.69) is 26.5 Å². The summed E-state index contributed by atoms with van der Waals surface area (Å²) in [5.41, 5.74) is 0.407. The summed E-state index contributed by atoms with van der Waals surface area (Å²) >= 11 is 0. The minimum absolute atomic E-state index is 0.367. The zero-order valence-electron chi connectivity index (χ0n) is 10.3. The van der Waals surface area contributed by atoms with Gasteiger partial charge in [0.15, 0.2) is 0 Å². The van der Waals surface area contributed by atoms with Gasteiger partial charge in [-0.2, -0.15) is 0 Å². The zero-order chi connectivity index (χ0) is 11.3. The van der Waals surface area contributed by atoms with Crippen LogP contribution in [0.1, 0.15) is 52.4 Å². The van der Waals surface area contributed by atoms with Crippen LogP contribution in [0.2, 0.25) is 0 Å². The molecule has 1 heteroatoms. The molecule has 1 nitrogen and oxygen atoms in total. The lowest BCUT2D eigenvalue weighted by Gasteiger charge is -2.22. The van der Waals surface area contributed by atoms with E-state index in [1.54, 1.807) is 0 Å². The molecule has 15 heavy (non-hydrogen) atoms. The van der Waals surface area contributed by atoms with Crippen molar-refractivity contribution in [3.8, 4) is 0 Å². The highest BCUT2D eigenvalue weighted by molar-refractivity contribution is 5.08. The van der Waals surface area contributed by atoms with E-state index in [4.69, 9.17) is 0 Å². The molecule has 1 N–H and O–H groups in total. The largest absolute Gasteiger partial charge is 0.396 e. The predicted octanol–water partition coefficient (Wildman–Crippen LogP) is 3.78. The third kappa shape index (κ3) is 2.84.